The highest BCUT2D eigenvalue weighted by Gasteiger charge is 2.09. The molecule has 0 aliphatic carbocycles. The molecule has 0 spiro atoms. The van der Waals surface area contributed by atoms with Gasteiger partial charge >= 0.3 is 0 Å². The van der Waals surface area contributed by atoms with E-state index in [-0.39, 0.29) is 11.5 Å². The molecular weight excluding hydrogens is 226 g/mol. The van der Waals surface area contributed by atoms with Gasteiger partial charge in [0.15, 0.2) is 17.4 Å². The van der Waals surface area contributed by atoms with E-state index >= 15 is 0 Å². The Bertz CT molecular complexity index is 519. The largest absolute Gasteiger partial charge is 0.437 e. The van der Waals surface area contributed by atoms with Crippen LogP contribution < -0.4 is 0 Å². The van der Waals surface area contributed by atoms with E-state index in [0.29, 0.717) is 17.3 Å². The molecule has 82 valence electrons. The predicted molar refractivity (Wildman–Crippen MR) is 60.8 cm³/mol. The molecule has 0 fully saturated rings. The smallest absolute Gasteiger partial charge is 0.199 e. The number of aromatic nitrogens is 1. The summed E-state index contributed by atoms with van der Waals surface area (Å²) in [5.41, 5.74) is 0.932. The lowest BCUT2D eigenvalue weighted by Gasteiger charge is -1.99. The standard InChI is InChI=1S/C12H10ClNO2/c1-8(15)11-7-14-12(16-11)6-9-4-2-3-5-10(9)13/h2-5,7H,6H2,1H3. The van der Waals surface area contributed by atoms with Crippen molar-refractivity contribution in [3.63, 3.8) is 0 Å². The average molecular weight is 236 g/mol. The van der Waals surface area contributed by atoms with Crippen LogP contribution >= 0.6 is 11.6 Å². The molecule has 0 saturated carbocycles. The van der Waals surface area contributed by atoms with Gasteiger partial charge in [-0.2, -0.15) is 0 Å². The van der Waals surface area contributed by atoms with Gasteiger partial charge in [0.05, 0.1) is 12.6 Å². The Morgan fingerprint density at radius 1 is 1.44 bits per heavy atom. The Labute approximate surface area is 98.1 Å². The number of rotatable bonds is 3. The number of carbonyl (C=O) groups excluding carboxylic acids is 1. The summed E-state index contributed by atoms with van der Waals surface area (Å²) < 4.78 is 5.28. The maximum Gasteiger partial charge on any atom is 0.199 e. The minimum Gasteiger partial charge on any atom is -0.437 e. The van der Waals surface area contributed by atoms with Crippen molar-refractivity contribution < 1.29 is 9.21 Å². The number of hydrogen-bond donors (Lipinski definition) is 0. The summed E-state index contributed by atoms with van der Waals surface area (Å²) in [5, 5.41) is 0.671. The van der Waals surface area contributed by atoms with Crippen LogP contribution in [0.15, 0.2) is 34.9 Å². The zero-order valence-electron chi connectivity index (χ0n) is 8.74. The summed E-state index contributed by atoms with van der Waals surface area (Å²) in [6.07, 6.45) is 1.93. The molecule has 0 atom stereocenters. The van der Waals surface area contributed by atoms with E-state index in [4.69, 9.17) is 16.0 Å². The van der Waals surface area contributed by atoms with Gasteiger partial charge in [-0.15, -0.1) is 0 Å². The number of Topliss-reactive ketones (excluding diaryl/α,β-unsaturated/α-hetero) is 1. The third kappa shape index (κ3) is 2.31. The van der Waals surface area contributed by atoms with Crippen molar-refractivity contribution in [3.8, 4) is 0 Å². The maximum absolute atomic E-state index is 11.0. The monoisotopic (exact) mass is 235 g/mol. The lowest BCUT2D eigenvalue weighted by molar-refractivity contribution is 0.0985. The Morgan fingerprint density at radius 2 is 2.19 bits per heavy atom. The fourth-order valence-corrected chi connectivity index (χ4v) is 1.56. The van der Waals surface area contributed by atoms with Crippen LogP contribution in [0.4, 0.5) is 0 Å². The first-order valence-electron chi connectivity index (χ1n) is 4.86. The number of halogens is 1. The molecule has 2 aromatic rings. The van der Waals surface area contributed by atoms with E-state index in [9.17, 15) is 4.79 Å². The molecule has 16 heavy (non-hydrogen) atoms. The lowest BCUT2D eigenvalue weighted by Crippen LogP contribution is -1.89. The van der Waals surface area contributed by atoms with Crippen LogP contribution in [-0.2, 0) is 6.42 Å². The third-order valence-corrected chi connectivity index (χ3v) is 2.57. The second-order valence-corrected chi connectivity index (χ2v) is 3.85. The molecule has 1 heterocycles. The van der Waals surface area contributed by atoms with Crippen molar-refractivity contribution in [2.75, 3.05) is 0 Å². The highest BCUT2D eigenvalue weighted by Crippen LogP contribution is 2.18. The van der Waals surface area contributed by atoms with Crippen molar-refractivity contribution in [2.45, 2.75) is 13.3 Å². The Morgan fingerprint density at radius 3 is 2.81 bits per heavy atom. The van der Waals surface area contributed by atoms with Gasteiger partial charge in [0.2, 0.25) is 0 Å². The van der Waals surface area contributed by atoms with Crippen molar-refractivity contribution >= 4 is 17.4 Å². The van der Waals surface area contributed by atoms with E-state index in [1.54, 1.807) is 0 Å². The zero-order chi connectivity index (χ0) is 11.5. The number of benzene rings is 1. The quantitative estimate of drug-likeness (QED) is 0.768. The molecule has 0 amide bonds. The van der Waals surface area contributed by atoms with Crippen LogP contribution in [0.2, 0.25) is 5.02 Å². The number of oxazole rings is 1. The van der Waals surface area contributed by atoms with Gasteiger partial charge in [0.1, 0.15) is 0 Å². The summed E-state index contributed by atoms with van der Waals surface area (Å²) in [6, 6.07) is 7.48. The van der Waals surface area contributed by atoms with Crippen LogP contribution in [0.25, 0.3) is 0 Å². The van der Waals surface area contributed by atoms with Gasteiger partial charge < -0.3 is 4.42 Å². The van der Waals surface area contributed by atoms with E-state index in [1.807, 2.05) is 24.3 Å². The molecule has 0 saturated heterocycles. The molecule has 1 aromatic heterocycles. The lowest BCUT2D eigenvalue weighted by atomic mass is 10.1. The van der Waals surface area contributed by atoms with Gasteiger partial charge in [-0.1, -0.05) is 29.8 Å². The SMILES string of the molecule is CC(=O)c1cnc(Cc2ccccc2Cl)o1. The van der Waals surface area contributed by atoms with E-state index in [2.05, 4.69) is 4.98 Å². The molecule has 1 aromatic carbocycles. The van der Waals surface area contributed by atoms with Gasteiger partial charge in [-0.25, -0.2) is 4.98 Å². The Balaban J connectivity index is 2.21. The van der Waals surface area contributed by atoms with Gasteiger partial charge in [0.25, 0.3) is 0 Å². The summed E-state index contributed by atoms with van der Waals surface area (Å²) in [6.45, 7) is 1.44. The minimum atomic E-state index is -0.127. The summed E-state index contributed by atoms with van der Waals surface area (Å²) in [7, 11) is 0. The normalized spacial score (nSPS) is 10.4. The topological polar surface area (TPSA) is 43.1 Å². The fraction of sp³-hybridized carbons (Fsp3) is 0.167. The molecular formula is C12H10ClNO2. The molecule has 2 rings (SSSR count). The zero-order valence-corrected chi connectivity index (χ0v) is 9.49. The molecule has 0 N–H and O–H groups in total. The summed E-state index contributed by atoms with van der Waals surface area (Å²) in [4.78, 5) is 15.0. The first-order valence-corrected chi connectivity index (χ1v) is 5.23. The van der Waals surface area contributed by atoms with Crippen LogP contribution in [0.1, 0.15) is 28.9 Å². The van der Waals surface area contributed by atoms with Crippen molar-refractivity contribution in [2.24, 2.45) is 0 Å². The highest BCUT2D eigenvalue weighted by atomic mass is 35.5. The molecule has 0 unspecified atom stereocenters. The summed E-state index contributed by atoms with van der Waals surface area (Å²) >= 11 is 6.01. The molecule has 3 nitrogen and oxygen atoms in total. The Hall–Kier alpha value is -1.61. The fourth-order valence-electron chi connectivity index (χ4n) is 1.36. The molecule has 0 aliphatic heterocycles. The first kappa shape index (κ1) is 10.9. The molecule has 0 aliphatic rings. The number of ketones is 1. The summed E-state index contributed by atoms with van der Waals surface area (Å²) in [5.74, 6) is 0.651. The minimum absolute atomic E-state index is 0.127. The van der Waals surface area contributed by atoms with Crippen molar-refractivity contribution in [1.82, 2.24) is 4.98 Å². The second kappa shape index (κ2) is 4.49. The Kier molecular flexibility index (Phi) is 3.06. The second-order valence-electron chi connectivity index (χ2n) is 3.44. The third-order valence-electron chi connectivity index (χ3n) is 2.20. The number of nitrogens with zero attached hydrogens (tertiary/aromatic N) is 1. The van der Waals surface area contributed by atoms with E-state index < -0.39 is 0 Å². The predicted octanol–water partition coefficient (Wildman–Crippen LogP) is 3.12. The number of carbonyl (C=O) groups is 1. The van der Waals surface area contributed by atoms with Gasteiger partial charge in [-0.05, 0) is 11.6 Å². The number of hydrogen-bond acceptors (Lipinski definition) is 3. The molecule has 4 heteroatoms. The maximum atomic E-state index is 11.0. The van der Waals surface area contributed by atoms with Gasteiger partial charge in [-0.3, -0.25) is 4.79 Å². The van der Waals surface area contributed by atoms with Crippen LogP contribution in [0, 0.1) is 0 Å². The van der Waals surface area contributed by atoms with E-state index in [1.165, 1.54) is 13.1 Å². The van der Waals surface area contributed by atoms with E-state index in [0.717, 1.165) is 5.56 Å². The highest BCUT2D eigenvalue weighted by molar-refractivity contribution is 6.31. The van der Waals surface area contributed by atoms with Crippen LogP contribution in [-0.4, -0.2) is 10.8 Å². The van der Waals surface area contributed by atoms with Crippen LogP contribution in [0.5, 0.6) is 0 Å². The molecule has 0 radical (unpaired) electrons. The molecule has 0 bridgehead atoms. The van der Waals surface area contributed by atoms with Gasteiger partial charge in [0, 0.05) is 11.9 Å². The first-order chi connectivity index (χ1) is 7.66. The van der Waals surface area contributed by atoms with Crippen LogP contribution in [0.3, 0.4) is 0 Å². The van der Waals surface area contributed by atoms with Crippen molar-refractivity contribution in [3.05, 3.63) is 52.7 Å². The average Bonchev–Trinajstić information content (AvgIpc) is 2.70. The van der Waals surface area contributed by atoms with Crippen molar-refractivity contribution in [1.29, 1.82) is 0 Å².